The number of halogens is 1. The summed E-state index contributed by atoms with van der Waals surface area (Å²) in [5, 5.41) is 3.38. The first-order valence-electron chi connectivity index (χ1n) is 6.94. The van der Waals surface area contributed by atoms with Crippen LogP contribution in [0.15, 0.2) is 22.7 Å². The molecule has 0 spiro atoms. The van der Waals surface area contributed by atoms with Gasteiger partial charge in [-0.25, -0.2) is 0 Å². The van der Waals surface area contributed by atoms with Crippen LogP contribution < -0.4 is 16.0 Å². The smallest absolute Gasteiger partial charge is 0.248 e. The topological polar surface area (TPSA) is 61.6 Å². The normalized spacial score (nSPS) is 20.8. The molecule has 3 rings (SSSR count). The van der Waals surface area contributed by atoms with Crippen LogP contribution in [0.1, 0.15) is 10.4 Å². The summed E-state index contributed by atoms with van der Waals surface area (Å²) in [6.45, 7) is 6.56. The zero-order valence-corrected chi connectivity index (χ0v) is 12.9. The first kappa shape index (κ1) is 13.9. The van der Waals surface area contributed by atoms with Crippen molar-refractivity contribution < 1.29 is 4.79 Å². The zero-order chi connectivity index (χ0) is 14.1. The van der Waals surface area contributed by atoms with Crippen LogP contribution in [0.5, 0.6) is 0 Å². The van der Waals surface area contributed by atoms with Crippen LogP contribution in [-0.2, 0) is 0 Å². The van der Waals surface area contributed by atoms with Crippen molar-refractivity contribution in [3.8, 4) is 0 Å². The van der Waals surface area contributed by atoms with Gasteiger partial charge in [0.05, 0.1) is 5.69 Å². The number of piperazine rings is 1. The zero-order valence-electron chi connectivity index (χ0n) is 11.3. The van der Waals surface area contributed by atoms with Crippen LogP contribution in [0.2, 0.25) is 0 Å². The Kier molecular flexibility index (Phi) is 3.96. The van der Waals surface area contributed by atoms with Crippen LogP contribution in [-0.4, -0.2) is 56.1 Å². The third-order valence-electron chi connectivity index (χ3n) is 4.10. The van der Waals surface area contributed by atoms with Crippen molar-refractivity contribution in [2.75, 3.05) is 44.2 Å². The molecule has 0 aromatic heterocycles. The maximum atomic E-state index is 11.2. The van der Waals surface area contributed by atoms with Crippen molar-refractivity contribution in [1.82, 2.24) is 10.2 Å². The summed E-state index contributed by atoms with van der Waals surface area (Å²) in [5.41, 5.74) is 6.97. The van der Waals surface area contributed by atoms with E-state index in [1.807, 2.05) is 6.07 Å². The maximum Gasteiger partial charge on any atom is 0.248 e. The van der Waals surface area contributed by atoms with E-state index in [1.54, 1.807) is 12.1 Å². The Labute approximate surface area is 127 Å². The SMILES string of the molecule is NC(=O)c1ccc(N2CC(N3CCNCC3)C2)c(Br)c1. The van der Waals surface area contributed by atoms with Gasteiger partial charge in [0.15, 0.2) is 0 Å². The molecule has 2 aliphatic rings. The summed E-state index contributed by atoms with van der Waals surface area (Å²) in [6, 6.07) is 6.22. The number of nitrogens with two attached hydrogens (primary N) is 1. The van der Waals surface area contributed by atoms with Gasteiger partial charge in [-0.1, -0.05) is 0 Å². The van der Waals surface area contributed by atoms with E-state index >= 15 is 0 Å². The minimum atomic E-state index is -0.389. The standard InChI is InChI=1S/C14H19BrN4O/c15-12-7-10(14(16)20)1-2-13(12)19-8-11(9-19)18-5-3-17-4-6-18/h1-2,7,11,17H,3-6,8-9H2,(H2,16,20). The predicted molar refractivity (Wildman–Crippen MR) is 83.1 cm³/mol. The molecule has 1 aromatic rings. The number of carbonyl (C=O) groups excluding carboxylic acids is 1. The van der Waals surface area contributed by atoms with Gasteiger partial charge in [0.25, 0.3) is 0 Å². The predicted octanol–water partition coefficient (Wildman–Crippen LogP) is 0.642. The molecule has 0 unspecified atom stereocenters. The van der Waals surface area contributed by atoms with Crippen molar-refractivity contribution in [1.29, 1.82) is 0 Å². The summed E-state index contributed by atoms with van der Waals surface area (Å²) in [6.07, 6.45) is 0. The lowest BCUT2D eigenvalue weighted by molar-refractivity contribution is 0.1000. The number of benzene rings is 1. The number of anilines is 1. The van der Waals surface area contributed by atoms with Gasteiger partial charge >= 0.3 is 0 Å². The fourth-order valence-electron chi connectivity index (χ4n) is 2.85. The molecule has 3 N–H and O–H groups in total. The van der Waals surface area contributed by atoms with Crippen molar-refractivity contribution in [2.45, 2.75) is 6.04 Å². The number of hydrogen-bond acceptors (Lipinski definition) is 4. The molecule has 20 heavy (non-hydrogen) atoms. The highest BCUT2D eigenvalue weighted by Crippen LogP contribution is 2.31. The van der Waals surface area contributed by atoms with E-state index in [-0.39, 0.29) is 5.91 Å². The monoisotopic (exact) mass is 338 g/mol. The Morgan fingerprint density at radius 1 is 1.30 bits per heavy atom. The molecule has 2 heterocycles. The highest BCUT2D eigenvalue weighted by molar-refractivity contribution is 9.10. The fraction of sp³-hybridized carbons (Fsp3) is 0.500. The minimum absolute atomic E-state index is 0.389. The lowest BCUT2D eigenvalue weighted by Gasteiger charge is -2.48. The van der Waals surface area contributed by atoms with Gasteiger partial charge in [-0.05, 0) is 34.1 Å². The fourth-order valence-corrected chi connectivity index (χ4v) is 3.48. The molecular formula is C14H19BrN4O. The lowest BCUT2D eigenvalue weighted by Crippen LogP contribution is -2.63. The number of primary amides is 1. The molecule has 2 fully saturated rings. The first-order chi connectivity index (χ1) is 9.65. The summed E-state index contributed by atoms with van der Waals surface area (Å²) >= 11 is 3.53. The highest BCUT2D eigenvalue weighted by Gasteiger charge is 2.33. The van der Waals surface area contributed by atoms with Crippen molar-refractivity contribution in [3.63, 3.8) is 0 Å². The molecule has 0 bridgehead atoms. The molecule has 0 atom stereocenters. The van der Waals surface area contributed by atoms with Crippen LogP contribution in [0.25, 0.3) is 0 Å². The molecule has 0 aliphatic carbocycles. The van der Waals surface area contributed by atoms with E-state index in [1.165, 1.54) is 0 Å². The van der Waals surface area contributed by atoms with E-state index in [0.29, 0.717) is 11.6 Å². The lowest BCUT2D eigenvalue weighted by atomic mass is 10.0. The van der Waals surface area contributed by atoms with Crippen molar-refractivity contribution in [3.05, 3.63) is 28.2 Å². The van der Waals surface area contributed by atoms with Gasteiger partial charge in [-0.2, -0.15) is 0 Å². The second-order valence-corrected chi connectivity index (χ2v) is 6.23. The summed E-state index contributed by atoms with van der Waals surface area (Å²) in [5.74, 6) is -0.389. The van der Waals surface area contributed by atoms with Crippen LogP contribution in [0, 0.1) is 0 Å². The number of nitrogens with one attached hydrogen (secondary N) is 1. The van der Waals surface area contributed by atoms with Gasteiger partial charge in [-0.3, -0.25) is 9.69 Å². The number of amides is 1. The summed E-state index contributed by atoms with van der Waals surface area (Å²) in [4.78, 5) is 16.0. The van der Waals surface area contributed by atoms with E-state index in [2.05, 4.69) is 31.0 Å². The van der Waals surface area contributed by atoms with E-state index < -0.39 is 0 Å². The summed E-state index contributed by atoms with van der Waals surface area (Å²) in [7, 11) is 0. The molecule has 1 aromatic carbocycles. The Morgan fingerprint density at radius 2 is 2.00 bits per heavy atom. The molecule has 0 radical (unpaired) electrons. The molecule has 2 aliphatic heterocycles. The quantitative estimate of drug-likeness (QED) is 0.849. The summed E-state index contributed by atoms with van der Waals surface area (Å²) < 4.78 is 0.938. The number of rotatable bonds is 3. The van der Waals surface area contributed by atoms with E-state index in [4.69, 9.17) is 5.73 Å². The second-order valence-electron chi connectivity index (χ2n) is 5.38. The van der Waals surface area contributed by atoms with Gasteiger partial charge in [0, 0.05) is 55.3 Å². The van der Waals surface area contributed by atoms with Crippen LogP contribution in [0.3, 0.4) is 0 Å². The maximum absolute atomic E-state index is 11.2. The Bertz CT molecular complexity index is 510. The van der Waals surface area contributed by atoms with Crippen LogP contribution in [0.4, 0.5) is 5.69 Å². The second kappa shape index (κ2) is 5.71. The molecule has 108 valence electrons. The first-order valence-corrected chi connectivity index (χ1v) is 7.73. The molecule has 2 saturated heterocycles. The molecule has 1 amide bonds. The number of hydrogen-bond donors (Lipinski definition) is 2. The van der Waals surface area contributed by atoms with E-state index in [0.717, 1.165) is 49.4 Å². The molecular weight excluding hydrogens is 320 g/mol. The molecule has 0 saturated carbocycles. The number of carbonyl (C=O) groups is 1. The average Bonchev–Trinajstić information content (AvgIpc) is 2.40. The molecule has 6 heteroatoms. The largest absolute Gasteiger partial charge is 0.367 e. The van der Waals surface area contributed by atoms with E-state index in [9.17, 15) is 4.79 Å². The Balaban J connectivity index is 1.63. The van der Waals surface area contributed by atoms with Crippen molar-refractivity contribution in [2.24, 2.45) is 5.73 Å². The third kappa shape index (κ3) is 2.68. The Morgan fingerprint density at radius 3 is 2.60 bits per heavy atom. The third-order valence-corrected chi connectivity index (χ3v) is 4.74. The minimum Gasteiger partial charge on any atom is -0.367 e. The highest BCUT2D eigenvalue weighted by atomic mass is 79.9. The van der Waals surface area contributed by atoms with Crippen LogP contribution >= 0.6 is 15.9 Å². The molecule has 5 nitrogen and oxygen atoms in total. The van der Waals surface area contributed by atoms with Gasteiger partial charge in [-0.15, -0.1) is 0 Å². The number of nitrogens with zero attached hydrogens (tertiary/aromatic N) is 2. The van der Waals surface area contributed by atoms with Crippen molar-refractivity contribution >= 4 is 27.5 Å². The Hall–Kier alpha value is -1.11. The van der Waals surface area contributed by atoms with Gasteiger partial charge < -0.3 is 16.0 Å². The average molecular weight is 339 g/mol. The van der Waals surface area contributed by atoms with Gasteiger partial charge in [0.1, 0.15) is 0 Å². The van der Waals surface area contributed by atoms with Gasteiger partial charge in [0.2, 0.25) is 5.91 Å².